The molecule has 0 saturated carbocycles. The zero-order valence-corrected chi connectivity index (χ0v) is 9.14. The highest BCUT2D eigenvalue weighted by Crippen LogP contribution is 2.27. The fourth-order valence-corrected chi connectivity index (χ4v) is 2.30. The number of nitrogens with zero attached hydrogens (tertiary/aromatic N) is 1. The third kappa shape index (κ3) is 2.06. The molecule has 1 aromatic carbocycles. The lowest BCUT2D eigenvalue weighted by Gasteiger charge is -1.95. The largest absolute Gasteiger partial charge is 0.325 e. The maximum absolute atomic E-state index is 13.0. The fraction of sp³-hybridized carbons (Fsp3) is 0.182. The Kier molecular flexibility index (Phi) is 2.79. The van der Waals surface area contributed by atoms with E-state index in [9.17, 15) is 4.39 Å². The van der Waals surface area contributed by atoms with Gasteiger partial charge in [0, 0.05) is 17.0 Å². The summed E-state index contributed by atoms with van der Waals surface area (Å²) in [5.41, 5.74) is 7.24. The van der Waals surface area contributed by atoms with Crippen molar-refractivity contribution in [1.29, 1.82) is 0 Å². The van der Waals surface area contributed by atoms with E-state index in [1.54, 1.807) is 17.4 Å². The van der Waals surface area contributed by atoms with Crippen LogP contribution in [0.3, 0.4) is 0 Å². The van der Waals surface area contributed by atoms with Crippen molar-refractivity contribution in [1.82, 2.24) is 4.98 Å². The highest BCUT2D eigenvalue weighted by molar-refractivity contribution is 7.15. The van der Waals surface area contributed by atoms with Crippen LogP contribution >= 0.6 is 11.3 Å². The van der Waals surface area contributed by atoms with E-state index in [4.69, 9.17) is 5.73 Å². The molecule has 0 unspecified atom stereocenters. The Bertz CT molecular complexity index is 479. The summed E-state index contributed by atoms with van der Waals surface area (Å²) in [6.45, 7) is 2.40. The van der Waals surface area contributed by atoms with Gasteiger partial charge in [-0.2, -0.15) is 0 Å². The summed E-state index contributed by atoms with van der Waals surface area (Å²) < 4.78 is 13.0. The summed E-state index contributed by atoms with van der Waals surface area (Å²) in [6.07, 6.45) is 0. The molecule has 0 aliphatic carbocycles. The van der Waals surface area contributed by atoms with Gasteiger partial charge in [0.15, 0.2) is 0 Å². The van der Waals surface area contributed by atoms with Crippen molar-refractivity contribution in [2.75, 3.05) is 0 Å². The minimum Gasteiger partial charge on any atom is -0.325 e. The monoisotopic (exact) mass is 222 g/mol. The first-order valence-corrected chi connectivity index (χ1v) is 5.44. The Hall–Kier alpha value is -1.26. The quantitative estimate of drug-likeness (QED) is 0.848. The second-order valence-corrected chi connectivity index (χ2v) is 4.44. The number of aryl methyl sites for hydroxylation is 1. The summed E-state index contributed by atoms with van der Waals surface area (Å²) in [7, 11) is 0. The first kappa shape index (κ1) is 10.3. The number of nitrogens with two attached hydrogens (primary N) is 1. The van der Waals surface area contributed by atoms with E-state index in [0.717, 1.165) is 21.1 Å². The molecule has 1 aromatic heterocycles. The molecule has 4 heteroatoms. The zero-order chi connectivity index (χ0) is 10.8. The summed E-state index contributed by atoms with van der Waals surface area (Å²) in [5, 5.41) is 0.826. The average Bonchev–Trinajstić information content (AvgIpc) is 2.60. The molecular formula is C11H11FN2S. The van der Waals surface area contributed by atoms with E-state index in [0.29, 0.717) is 6.54 Å². The molecule has 2 nitrogen and oxygen atoms in total. The van der Waals surface area contributed by atoms with Crippen LogP contribution in [0, 0.1) is 12.7 Å². The summed E-state index contributed by atoms with van der Waals surface area (Å²) in [6, 6.07) is 6.44. The first-order valence-electron chi connectivity index (χ1n) is 4.63. The van der Waals surface area contributed by atoms with Crippen LogP contribution in [-0.4, -0.2) is 4.98 Å². The van der Waals surface area contributed by atoms with Gasteiger partial charge < -0.3 is 5.73 Å². The van der Waals surface area contributed by atoms with Crippen molar-refractivity contribution in [3.63, 3.8) is 0 Å². The third-order valence-corrected chi connectivity index (χ3v) is 3.22. The normalized spacial score (nSPS) is 10.6. The van der Waals surface area contributed by atoms with E-state index in [-0.39, 0.29) is 5.82 Å². The van der Waals surface area contributed by atoms with Gasteiger partial charge >= 0.3 is 0 Å². The molecule has 0 spiro atoms. The Balaban J connectivity index is 2.45. The van der Waals surface area contributed by atoms with Crippen LogP contribution in [0.25, 0.3) is 10.6 Å². The van der Waals surface area contributed by atoms with Gasteiger partial charge in [-0.05, 0) is 19.1 Å². The minimum atomic E-state index is -0.241. The maximum Gasteiger partial charge on any atom is 0.124 e. The third-order valence-electron chi connectivity index (χ3n) is 2.16. The van der Waals surface area contributed by atoms with Crippen molar-refractivity contribution < 1.29 is 4.39 Å². The molecule has 0 aliphatic heterocycles. The van der Waals surface area contributed by atoms with Crippen LogP contribution in [0.2, 0.25) is 0 Å². The molecule has 2 N–H and O–H groups in total. The lowest BCUT2D eigenvalue weighted by molar-refractivity contribution is 0.628. The number of benzene rings is 1. The molecule has 2 rings (SSSR count). The fourth-order valence-electron chi connectivity index (χ4n) is 1.36. The zero-order valence-electron chi connectivity index (χ0n) is 8.33. The second kappa shape index (κ2) is 4.08. The maximum atomic E-state index is 13.0. The van der Waals surface area contributed by atoms with Crippen LogP contribution < -0.4 is 5.73 Å². The molecule has 0 amide bonds. The van der Waals surface area contributed by atoms with Crippen molar-refractivity contribution in [3.8, 4) is 10.6 Å². The lowest BCUT2D eigenvalue weighted by atomic mass is 10.2. The summed E-state index contributed by atoms with van der Waals surface area (Å²) >= 11 is 1.54. The number of aromatic nitrogens is 1. The predicted octanol–water partition coefficient (Wildman–Crippen LogP) is 2.72. The van der Waals surface area contributed by atoms with E-state index < -0.39 is 0 Å². The Morgan fingerprint density at radius 3 is 2.87 bits per heavy atom. The van der Waals surface area contributed by atoms with Crippen LogP contribution in [0.1, 0.15) is 10.6 Å². The molecular weight excluding hydrogens is 211 g/mol. The van der Waals surface area contributed by atoms with E-state index in [1.807, 2.05) is 13.0 Å². The highest BCUT2D eigenvalue weighted by atomic mass is 32.1. The topological polar surface area (TPSA) is 38.9 Å². The Morgan fingerprint density at radius 2 is 2.27 bits per heavy atom. The second-order valence-electron chi connectivity index (χ2n) is 3.24. The highest BCUT2D eigenvalue weighted by Gasteiger charge is 2.08. The molecule has 0 radical (unpaired) electrons. The van der Waals surface area contributed by atoms with Gasteiger partial charge in [-0.1, -0.05) is 12.1 Å². The Morgan fingerprint density at radius 1 is 1.47 bits per heavy atom. The average molecular weight is 222 g/mol. The molecule has 2 aromatic rings. The number of hydrogen-bond acceptors (Lipinski definition) is 3. The smallest absolute Gasteiger partial charge is 0.124 e. The molecule has 1 heterocycles. The van der Waals surface area contributed by atoms with Gasteiger partial charge in [0.1, 0.15) is 10.8 Å². The molecule has 0 aliphatic rings. The van der Waals surface area contributed by atoms with Crippen LogP contribution in [0.5, 0.6) is 0 Å². The van der Waals surface area contributed by atoms with E-state index in [2.05, 4.69) is 4.98 Å². The SMILES string of the molecule is Cc1sc(-c2cccc(F)c2)nc1CN. The number of thiazole rings is 1. The summed E-state index contributed by atoms with van der Waals surface area (Å²) in [5.74, 6) is -0.241. The lowest BCUT2D eigenvalue weighted by Crippen LogP contribution is -1.97. The van der Waals surface area contributed by atoms with E-state index >= 15 is 0 Å². The van der Waals surface area contributed by atoms with Crippen LogP contribution in [0.15, 0.2) is 24.3 Å². The number of halogens is 1. The standard InChI is InChI=1S/C11H11FN2S/c1-7-10(6-13)14-11(15-7)8-3-2-4-9(12)5-8/h2-5H,6,13H2,1H3. The first-order chi connectivity index (χ1) is 7.20. The molecule has 15 heavy (non-hydrogen) atoms. The van der Waals surface area contributed by atoms with Gasteiger partial charge in [-0.15, -0.1) is 11.3 Å². The van der Waals surface area contributed by atoms with Crippen molar-refractivity contribution in [2.45, 2.75) is 13.5 Å². The number of hydrogen-bond donors (Lipinski definition) is 1. The Labute approximate surface area is 91.6 Å². The minimum absolute atomic E-state index is 0.241. The van der Waals surface area contributed by atoms with Gasteiger partial charge in [0.05, 0.1) is 5.69 Å². The van der Waals surface area contributed by atoms with Crippen molar-refractivity contribution >= 4 is 11.3 Å². The number of rotatable bonds is 2. The predicted molar refractivity (Wildman–Crippen MR) is 60.1 cm³/mol. The van der Waals surface area contributed by atoms with Crippen molar-refractivity contribution in [2.24, 2.45) is 5.73 Å². The van der Waals surface area contributed by atoms with Gasteiger partial charge in [-0.3, -0.25) is 0 Å². The molecule has 0 fully saturated rings. The van der Waals surface area contributed by atoms with Crippen molar-refractivity contribution in [3.05, 3.63) is 40.7 Å². The molecule has 0 saturated heterocycles. The molecule has 0 atom stereocenters. The van der Waals surface area contributed by atoms with Crippen LogP contribution in [0.4, 0.5) is 4.39 Å². The van der Waals surface area contributed by atoms with Gasteiger partial charge in [0.2, 0.25) is 0 Å². The molecule has 78 valence electrons. The summed E-state index contributed by atoms with van der Waals surface area (Å²) in [4.78, 5) is 5.46. The molecule has 0 bridgehead atoms. The van der Waals surface area contributed by atoms with Gasteiger partial charge in [-0.25, -0.2) is 9.37 Å². The van der Waals surface area contributed by atoms with Gasteiger partial charge in [0.25, 0.3) is 0 Å². The van der Waals surface area contributed by atoms with Crippen LogP contribution in [-0.2, 0) is 6.54 Å². The van der Waals surface area contributed by atoms with E-state index in [1.165, 1.54) is 12.1 Å².